The van der Waals surface area contributed by atoms with E-state index in [0.29, 0.717) is 36.1 Å². The Kier molecular flexibility index (Phi) is 7.67. The van der Waals surface area contributed by atoms with Gasteiger partial charge in [-0.25, -0.2) is 13.2 Å². The minimum atomic E-state index is -3.75. The van der Waals surface area contributed by atoms with Gasteiger partial charge in [-0.05, 0) is 18.2 Å². The molecule has 0 atom stereocenters. The third kappa shape index (κ3) is 5.18. The number of rotatable bonds is 7. The molecule has 12 heteroatoms. The number of morpholine rings is 1. The number of methoxy groups -OCH3 is 3. The number of hydrogen-bond donors (Lipinski definition) is 2. The fourth-order valence-electron chi connectivity index (χ4n) is 3.13. The minimum absolute atomic E-state index is 0.0203. The molecule has 0 bridgehead atoms. The van der Waals surface area contributed by atoms with Gasteiger partial charge < -0.3 is 29.6 Å². The maximum Gasteiger partial charge on any atom is 0.323 e. The van der Waals surface area contributed by atoms with Crippen LogP contribution in [0.25, 0.3) is 0 Å². The van der Waals surface area contributed by atoms with E-state index in [9.17, 15) is 13.2 Å². The first-order valence-electron chi connectivity index (χ1n) is 9.55. The zero-order valence-electron chi connectivity index (χ0n) is 17.8. The average Bonchev–Trinajstić information content (AvgIpc) is 2.80. The van der Waals surface area contributed by atoms with Crippen LogP contribution in [0.2, 0.25) is 5.02 Å². The molecule has 0 aliphatic carbocycles. The van der Waals surface area contributed by atoms with Gasteiger partial charge in [0.05, 0.1) is 55.8 Å². The largest absolute Gasteiger partial charge is 0.493 e. The third-order valence-corrected chi connectivity index (χ3v) is 6.94. The molecule has 0 saturated carbocycles. The first kappa shape index (κ1) is 23.9. The Morgan fingerprint density at radius 1 is 1.00 bits per heavy atom. The SMILES string of the molecule is COc1cc(NC(=O)Nc2cc(S(=O)(=O)N3CCOCC3)ccc2Cl)cc(OC)c1OC. The fraction of sp³-hybridized carbons (Fsp3) is 0.350. The molecule has 2 aromatic rings. The van der Waals surface area contributed by atoms with Crippen molar-refractivity contribution >= 4 is 39.0 Å². The molecule has 1 fully saturated rings. The van der Waals surface area contributed by atoms with E-state index in [0.717, 1.165) is 0 Å². The standard InChI is InChI=1S/C20H24ClN3O7S/c1-28-17-10-13(11-18(29-2)19(17)30-3)22-20(25)23-16-12-14(4-5-15(16)21)32(26,27)24-6-8-31-9-7-24/h4-5,10-12H,6-9H2,1-3H3,(H2,22,23,25). The minimum Gasteiger partial charge on any atom is -0.493 e. The van der Waals surface area contributed by atoms with E-state index in [-0.39, 0.29) is 28.7 Å². The van der Waals surface area contributed by atoms with Crippen molar-refractivity contribution < 1.29 is 32.2 Å². The highest BCUT2D eigenvalue weighted by Crippen LogP contribution is 2.40. The van der Waals surface area contributed by atoms with Gasteiger partial charge in [0.25, 0.3) is 0 Å². The van der Waals surface area contributed by atoms with Gasteiger partial charge >= 0.3 is 6.03 Å². The Balaban J connectivity index is 1.80. The van der Waals surface area contributed by atoms with Crippen LogP contribution in [-0.4, -0.2) is 66.4 Å². The van der Waals surface area contributed by atoms with E-state index >= 15 is 0 Å². The summed E-state index contributed by atoms with van der Waals surface area (Å²) in [6.45, 7) is 1.18. The Morgan fingerprint density at radius 2 is 1.62 bits per heavy atom. The molecule has 0 unspecified atom stereocenters. The topological polar surface area (TPSA) is 115 Å². The Hall–Kier alpha value is -2.73. The highest BCUT2D eigenvalue weighted by Gasteiger charge is 2.27. The monoisotopic (exact) mass is 485 g/mol. The normalized spacial score (nSPS) is 14.5. The van der Waals surface area contributed by atoms with Gasteiger partial charge in [0.15, 0.2) is 11.5 Å². The van der Waals surface area contributed by atoms with Crippen LogP contribution in [0.1, 0.15) is 0 Å². The van der Waals surface area contributed by atoms with Crippen molar-refractivity contribution in [2.24, 2.45) is 0 Å². The van der Waals surface area contributed by atoms with Crippen molar-refractivity contribution in [2.75, 3.05) is 58.3 Å². The van der Waals surface area contributed by atoms with Crippen LogP contribution in [0.15, 0.2) is 35.2 Å². The summed E-state index contributed by atoms with van der Waals surface area (Å²) in [6, 6.07) is 6.62. The highest BCUT2D eigenvalue weighted by molar-refractivity contribution is 7.89. The van der Waals surface area contributed by atoms with Gasteiger partial charge in [-0.1, -0.05) is 11.6 Å². The number of anilines is 2. The summed E-state index contributed by atoms with van der Waals surface area (Å²) in [5.74, 6) is 1.10. The van der Waals surface area contributed by atoms with Crippen LogP contribution in [0.5, 0.6) is 17.2 Å². The zero-order chi connectivity index (χ0) is 23.3. The highest BCUT2D eigenvalue weighted by atomic mass is 35.5. The predicted octanol–water partition coefficient (Wildman–Crippen LogP) is 3.03. The van der Waals surface area contributed by atoms with E-state index in [1.807, 2.05) is 0 Å². The lowest BCUT2D eigenvalue weighted by Crippen LogP contribution is -2.40. The maximum absolute atomic E-state index is 12.9. The number of urea groups is 1. The Labute approximate surface area is 191 Å². The van der Waals surface area contributed by atoms with Crippen molar-refractivity contribution in [1.82, 2.24) is 4.31 Å². The van der Waals surface area contributed by atoms with E-state index < -0.39 is 16.1 Å². The number of amides is 2. The summed E-state index contributed by atoms with van der Waals surface area (Å²) in [6.07, 6.45) is 0. The second kappa shape index (κ2) is 10.3. The molecule has 3 rings (SSSR count). The van der Waals surface area contributed by atoms with Crippen LogP contribution < -0.4 is 24.8 Å². The number of hydrogen-bond acceptors (Lipinski definition) is 7. The van der Waals surface area contributed by atoms with E-state index in [4.69, 9.17) is 30.5 Å². The van der Waals surface area contributed by atoms with Gasteiger partial charge in [-0.15, -0.1) is 0 Å². The number of nitrogens with one attached hydrogen (secondary N) is 2. The summed E-state index contributed by atoms with van der Waals surface area (Å²) < 4.78 is 48.1. The molecule has 174 valence electrons. The smallest absolute Gasteiger partial charge is 0.323 e. The van der Waals surface area contributed by atoms with E-state index in [1.165, 1.54) is 43.8 Å². The molecular weight excluding hydrogens is 462 g/mol. The van der Waals surface area contributed by atoms with Gasteiger partial charge in [0, 0.05) is 25.2 Å². The molecule has 32 heavy (non-hydrogen) atoms. The van der Waals surface area contributed by atoms with Crippen molar-refractivity contribution in [3.8, 4) is 17.2 Å². The van der Waals surface area contributed by atoms with E-state index in [2.05, 4.69) is 10.6 Å². The number of sulfonamides is 1. The quantitative estimate of drug-likeness (QED) is 0.619. The lowest BCUT2D eigenvalue weighted by Gasteiger charge is -2.26. The molecule has 1 aliphatic rings. The first-order valence-corrected chi connectivity index (χ1v) is 11.4. The molecule has 1 saturated heterocycles. The number of carbonyl (C=O) groups is 1. The summed E-state index contributed by atoms with van der Waals surface area (Å²) in [4.78, 5) is 12.6. The molecule has 2 N–H and O–H groups in total. The van der Waals surface area contributed by atoms with Gasteiger partial charge in [0.2, 0.25) is 15.8 Å². The molecule has 1 aliphatic heterocycles. The summed E-state index contributed by atoms with van der Waals surface area (Å²) in [5.41, 5.74) is 0.510. The summed E-state index contributed by atoms with van der Waals surface area (Å²) in [7, 11) is 0.646. The van der Waals surface area contributed by atoms with Gasteiger partial charge in [-0.2, -0.15) is 4.31 Å². The summed E-state index contributed by atoms with van der Waals surface area (Å²) in [5, 5.41) is 5.40. The molecule has 0 radical (unpaired) electrons. The Bertz CT molecular complexity index is 1060. The molecule has 2 amide bonds. The summed E-state index contributed by atoms with van der Waals surface area (Å²) >= 11 is 6.19. The number of carbonyl (C=O) groups excluding carboxylic acids is 1. The number of nitrogens with zero attached hydrogens (tertiary/aromatic N) is 1. The average molecular weight is 486 g/mol. The number of ether oxygens (including phenoxy) is 4. The van der Waals surface area contributed by atoms with Crippen molar-refractivity contribution in [1.29, 1.82) is 0 Å². The van der Waals surface area contributed by atoms with E-state index in [1.54, 1.807) is 12.1 Å². The second-order valence-corrected chi connectivity index (χ2v) is 9.00. The molecule has 0 aromatic heterocycles. The molecule has 0 spiro atoms. The molecule has 1 heterocycles. The maximum atomic E-state index is 12.9. The van der Waals surface area contributed by atoms with Crippen LogP contribution in [-0.2, 0) is 14.8 Å². The second-order valence-electron chi connectivity index (χ2n) is 6.65. The Morgan fingerprint density at radius 3 is 2.19 bits per heavy atom. The fourth-order valence-corrected chi connectivity index (χ4v) is 4.73. The van der Waals surface area contributed by atoms with Gasteiger partial charge in [0.1, 0.15) is 0 Å². The van der Waals surface area contributed by atoms with Crippen LogP contribution in [0.3, 0.4) is 0 Å². The number of halogens is 1. The lowest BCUT2D eigenvalue weighted by atomic mass is 10.2. The first-order chi connectivity index (χ1) is 15.3. The molecular formula is C20H24ClN3O7S. The third-order valence-electron chi connectivity index (χ3n) is 4.72. The van der Waals surface area contributed by atoms with Crippen molar-refractivity contribution in [2.45, 2.75) is 4.90 Å². The van der Waals surface area contributed by atoms with Crippen LogP contribution in [0, 0.1) is 0 Å². The lowest BCUT2D eigenvalue weighted by molar-refractivity contribution is 0.0730. The van der Waals surface area contributed by atoms with Gasteiger partial charge in [-0.3, -0.25) is 0 Å². The molecule has 2 aromatic carbocycles. The van der Waals surface area contributed by atoms with Crippen molar-refractivity contribution in [3.05, 3.63) is 35.4 Å². The zero-order valence-corrected chi connectivity index (χ0v) is 19.4. The van der Waals surface area contributed by atoms with Crippen molar-refractivity contribution in [3.63, 3.8) is 0 Å². The predicted molar refractivity (Wildman–Crippen MR) is 120 cm³/mol. The molecule has 10 nitrogen and oxygen atoms in total. The van der Waals surface area contributed by atoms with Crippen LogP contribution in [0.4, 0.5) is 16.2 Å². The number of benzene rings is 2. The van der Waals surface area contributed by atoms with Crippen LogP contribution >= 0.6 is 11.6 Å².